The number of Topliss-reactive ketones (excluding diaryl/α,β-unsaturated/α-hetero) is 1. The Balaban J connectivity index is 1.90. The number of aryl methyl sites for hydroxylation is 1. The zero-order chi connectivity index (χ0) is 14.6. The van der Waals surface area contributed by atoms with Crippen LogP contribution >= 0.6 is 0 Å². The predicted octanol–water partition coefficient (Wildman–Crippen LogP) is 4.25. The van der Waals surface area contributed by atoms with Gasteiger partial charge >= 0.3 is 0 Å². The fourth-order valence-corrected chi connectivity index (χ4v) is 4.40. The highest BCUT2D eigenvalue weighted by Crippen LogP contribution is 2.55. The molecule has 0 spiro atoms. The van der Waals surface area contributed by atoms with Gasteiger partial charge in [0.25, 0.3) is 0 Å². The van der Waals surface area contributed by atoms with Gasteiger partial charge in [0.05, 0.1) is 7.11 Å². The average molecular weight is 280 g/mol. The lowest BCUT2D eigenvalue weighted by Crippen LogP contribution is -2.26. The number of ether oxygens (including phenoxy) is 1. The number of hydrogen-bond donors (Lipinski definition) is 0. The molecule has 108 valence electrons. The first-order valence-corrected chi connectivity index (χ1v) is 7.72. The summed E-state index contributed by atoms with van der Waals surface area (Å²) in [7, 11) is 1.70. The van der Waals surface area contributed by atoms with Crippen molar-refractivity contribution in [2.75, 3.05) is 7.11 Å². The van der Waals surface area contributed by atoms with Gasteiger partial charge < -0.3 is 4.74 Å². The maximum absolute atomic E-state index is 12.0. The molecule has 0 heterocycles. The highest BCUT2D eigenvalue weighted by atomic mass is 16.5. The Morgan fingerprint density at radius 1 is 1.24 bits per heavy atom. The Hall–Kier alpha value is -1.83. The van der Waals surface area contributed by atoms with Gasteiger partial charge in [0.1, 0.15) is 11.5 Å². The molecular weight excluding hydrogens is 260 g/mol. The van der Waals surface area contributed by atoms with E-state index in [0.29, 0.717) is 11.7 Å². The standard InChI is InChI=1S/C19H20O2/c1-19-8-7-16-15-6-4-14(21-2)9-12(15)3-5-17(16)18(19)10-13(20)11-19/h3-6,9,18H,7-8,10-11H2,1-2H3/t18-,19+/m0/s1. The lowest BCUT2D eigenvalue weighted by atomic mass is 9.66. The minimum atomic E-state index is 0.185. The molecule has 0 unspecified atom stereocenters. The van der Waals surface area contributed by atoms with Crippen LogP contribution in [0, 0.1) is 5.41 Å². The number of hydrogen-bond acceptors (Lipinski definition) is 2. The quantitative estimate of drug-likeness (QED) is 0.780. The topological polar surface area (TPSA) is 26.3 Å². The third-order valence-electron chi connectivity index (χ3n) is 5.57. The summed E-state index contributed by atoms with van der Waals surface area (Å²) in [5, 5.41) is 2.57. The molecule has 2 heteroatoms. The van der Waals surface area contributed by atoms with Gasteiger partial charge in [-0.3, -0.25) is 4.79 Å². The van der Waals surface area contributed by atoms with Crippen LogP contribution in [-0.4, -0.2) is 12.9 Å². The SMILES string of the molecule is COc1ccc2c3c(ccc2c1)[C@@H]1CC(=O)C[C@@]1(C)CC3. The molecule has 0 aromatic heterocycles. The van der Waals surface area contributed by atoms with Gasteiger partial charge in [0.2, 0.25) is 0 Å². The number of carbonyl (C=O) groups excluding carboxylic acids is 1. The van der Waals surface area contributed by atoms with Crippen molar-refractivity contribution in [3.05, 3.63) is 41.5 Å². The fourth-order valence-electron chi connectivity index (χ4n) is 4.40. The molecule has 2 aromatic rings. The van der Waals surface area contributed by atoms with Crippen molar-refractivity contribution in [1.29, 1.82) is 0 Å². The van der Waals surface area contributed by atoms with Crippen LogP contribution in [0.25, 0.3) is 10.8 Å². The molecule has 4 rings (SSSR count). The van der Waals surface area contributed by atoms with Crippen LogP contribution < -0.4 is 4.74 Å². The monoisotopic (exact) mass is 280 g/mol. The average Bonchev–Trinajstić information content (AvgIpc) is 2.80. The number of ketones is 1. The van der Waals surface area contributed by atoms with Crippen molar-refractivity contribution in [2.45, 2.75) is 38.5 Å². The molecule has 2 aromatic carbocycles. The zero-order valence-electron chi connectivity index (χ0n) is 12.6. The molecule has 0 radical (unpaired) electrons. The molecule has 2 aliphatic rings. The van der Waals surface area contributed by atoms with Crippen LogP contribution in [0.2, 0.25) is 0 Å². The van der Waals surface area contributed by atoms with Gasteiger partial charge in [0, 0.05) is 12.8 Å². The van der Waals surface area contributed by atoms with Gasteiger partial charge in [-0.25, -0.2) is 0 Å². The van der Waals surface area contributed by atoms with E-state index >= 15 is 0 Å². The predicted molar refractivity (Wildman–Crippen MR) is 83.9 cm³/mol. The molecule has 2 nitrogen and oxygen atoms in total. The number of benzene rings is 2. The van der Waals surface area contributed by atoms with E-state index in [1.165, 1.54) is 21.9 Å². The van der Waals surface area contributed by atoms with Crippen LogP contribution in [0.4, 0.5) is 0 Å². The summed E-state index contributed by atoms with van der Waals surface area (Å²) in [6, 6.07) is 10.7. The first-order valence-electron chi connectivity index (χ1n) is 7.72. The van der Waals surface area contributed by atoms with Gasteiger partial charge in [-0.15, -0.1) is 0 Å². The maximum atomic E-state index is 12.0. The molecule has 2 aliphatic carbocycles. The van der Waals surface area contributed by atoms with Crippen LogP contribution in [0.5, 0.6) is 5.75 Å². The molecule has 21 heavy (non-hydrogen) atoms. The fraction of sp³-hybridized carbons (Fsp3) is 0.421. The van der Waals surface area contributed by atoms with E-state index in [1.807, 2.05) is 6.07 Å². The Bertz CT molecular complexity index is 747. The molecule has 0 aliphatic heterocycles. The van der Waals surface area contributed by atoms with Crippen LogP contribution in [0.1, 0.15) is 43.2 Å². The summed E-state index contributed by atoms with van der Waals surface area (Å²) >= 11 is 0. The summed E-state index contributed by atoms with van der Waals surface area (Å²) in [4.78, 5) is 12.0. The third-order valence-corrected chi connectivity index (χ3v) is 5.57. The highest BCUT2D eigenvalue weighted by molar-refractivity contribution is 5.90. The van der Waals surface area contributed by atoms with Gasteiger partial charge in [-0.2, -0.15) is 0 Å². The first kappa shape index (κ1) is 12.9. The third kappa shape index (κ3) is 1.81. The number of rotatable bonds is 1. The molecule has 2 atom stereocenters. The van der Waals surface area contributed by atoms with Crippen molar-refractivity contribution in [2.24, 2.45) is 5.41 Å². The van der Waals surface area contributed by atoms with Crippen LogP contribution in [-0.2, 0) is 11.2 Å². The molecule has 0 saturated heterocycles. The summed E-state index contributed by atoms with van der Waals surface area (Å²) in [5.41, 5.74) is 3.05. The number of fused-ring (bicyclic) bond motifs is 5. The molecule has 1 saturated carbocycles. The Morgan fingerprint density at radius 2 is 2.10 bits per heavy atom. The Morgan fingerprint density at radius 3 is 2.90 bits per heavy atom. The van der Waals surface area contributed by atoms with Crippen LogP contribution in [0.15, 0.2) is 30.3 Å². The Kier molecular flexibility index (Phi) is 2.66. The smallest absolute Gasteiger partial charge is 0.134 e. The zero-order valence-corrected chi connectivity index (χ0v) is 12.6. The second-order valence-electron chi connectivity index (χ2n) is 6.85. The molecular formula is C19H20O2. The van der Waals surface area contributed by atoms with E-state index in [9.17, 15) is 4.79 Å². The highest BCUT2D eigenvalue weighted by Gasteiger charge is 2.46. The molecule has 1 fully saturated rings. The van der Waals surface area contributed by atoms with Gasteiger partial charge in [-0.1, -0.05) is 25.1 Å². The summed E-state index contributed by atoms with van der Waals surface area (Å²) < 4.78 is 5.32. The van der Waals surface area contributed by atoms with Crippen molar-refractivity contribution >= 4 is 16.6 Å². The first-order chi connectivity index (χ1) is 10.1. The normalized spacial score (nSPS) is 27.5. The van der Waals surface area contributed by atoms with Crippen molar-refractivity contribution in [3.8, 4) is 5.75 Å². The molecule has 0 bridgehead atoms. The molecule has 0 N–H and O–H groups in total. The van der Waals surface area contributed by atoms with E-state index in [4.69, 9.17) is 4.74 Å². The van der Waals surface area contributed by atoms with Gasteiger partial charge in [0.15, 0.2) is 0 Å². The number of carbonyl (C=O) groups is 1. The van der Waals surface area contributed by atoms with Gasteiger partial charge in [-0.05, 0) is 58.2 Å². The van der Waals surface area contributed by atoms with E-state index in [1.54, 1.807) is 7.11 Å². The maximum Gasteiger partial charge on any atom is 0.134 e. The number of methoxy groups -OCH3 is 1. The van der Waals surface area contributed by atoms with Crippen LogP contribution in [0.3, 0.4) is 0 Å². The minimum absolute atomic E-state index is 0.185. The second-order valence-corrected chi connectivity index (χ2v) is 6.85. The lowest BCUT2D eigenvalue weighted by molar-refractivity contribution is -0.118. The van der Waals surface area contributed by atoms with E-state index in [2.05, 4.69) is 31.2 Å². The molecule has 0 amide bonds. The lowest BCUT2D eigenvalue weighted by Gasteiger charge is -2.37. The Labute approximate surface area is 125 Å². The summed E-state index contributed by atoms with van der Waals surface area (Å²) in [6.07, 6.45) is 3.70. The van der Waals surface area contributed by atoms with Crippen molar-refractivity contribution in [1.82, 2.24) is 0 Å². The summed E-state index contributed by atoms with van der Waals surface area (Å²) in [6.45, 7) is 2.30. The largest absolute Gasteiger partial charge is 0.497 e. The second kappa shape index (κ2) is 4.33. The van der Waals surface area contributed by atoms with E-state index in [-0.39, 0.29) is 5.41 Å². The van der Waals surface area contributed by atoms with E-state index < -0.39 is 0 Å². The van der Waals surface area contributed by atoms with Crippen molar-refractivity contribution < 1.29 is 9.53 Å². The summed E-state index contributed by atoms with van der Waals surface area (Å²) in [5.74, 6) is 1.75. The van der Waals surface area contributed by atoms with Crippen molar-refractivity contribution in [3.63, 3.8) is 0 Å². The van der Waals surface area contributed by atoms with E-state index in [0.717, 1.165) is 31.4 Å². The minimum Gasteiger partial charge on any atom is -0.497 e.